The van der Waals surface area contributed by atoms with Gasteiger partial charge in [-0.05, 0) is 24.3 Å². The average Bonchev–Trinajstić information content (AvgIpc) is 2.46. The van der Waals surface area contributed by atoms with Crippen LogP contribution in [0, 0.1) is 10.1 Å². The van der Waals surface area contributed by atoms with E-state index in [1.54, 1.807) is 6.20 Å². The van der Waals surface area contributed by atoms with E-state index in [2.05, 4.69) is 15.3 Å². The highest BCUT2D eigenvalue weighted by atomic mass is 35.5. The van der Waals surface area contributed by atoms with Crippen molar-refractivity contribution in [2.45, 2.75) is 0 Å². The van der Waals surface area contributed by atoms with Crippen LogP contribution in [-0.4, -0.2) is 14.9 Å². The Labute approximate surface area is 124 Å². The number of pyridine rings is 2. The third-order valence-electron chi connectivity index (χ3n) is 2.87. The largest absolute Gasteiger partial charge is 0.340 e. The Bertz CT molecular complexity index is 838. The van der Waals surface area contributed by atoms with Gasteiger partial charge in [0.05, 0.1) is 22.6 Å². The number of rotatable bonds is 3. The lowest BCUT2D eigenvalue weighted by Crippen LogP contribution is -1.96. The number of benzene rings is 1. The van der Waals surface area contributed by atoms with Crippen molar-refractivity contribution in [1.29, 1.82) is 0 Å². The van der Waals surface area contributed by atoms with Crippen LogP contribution >= 0.6 is 11.6 Å². The number of nitrogens with one attached hydrogen (secondary N) is 1. The van der Waals surface area contributed by atoms with Crippen LogP contribution in [0.5, 0.6) is 0 Å². The second-order valence-electron chi connectivity index (χ2n) is 4.33. The predicted molar refractivity (Wildman–Crippen MR) is 80.9 cm³/mol. The van der Waals surface area contributed by atoms with E-state index in [9.17, 15) is 10.1 Å². The lowest BCUT2D eigenvalue weighted by Gasteiger charge is -2.07. The van der Waals surface area contributed by atoms with Crippen molar-refractivity contribution in [1.82, 2.24) is 9.97 Å². The highest BCUT2D eigenvalue weighted by Crippen LogP contribution is 2.24. The van der Waals surface area contributed by atoms with Crippen LogP contribution in [-0.2, 0) is 0 Å². The summed E-state index contributed by atoms with van der Waals surface area (Å²) >= 11 is 5.79. The van der Waals surface area contributed by atoms with Crippen LogP contribution in [0.2, 0.25) is 5.15 Å². The van der Waals surface area contributed by atoms with Gasteiger partial charge in [-0.3, -0.25) is 15.1 Å². The minimum Gasteiger partial charge on any atom is -0.340 e. The van der Waals surface area contributed by atoms with Gasteiger partial charge in [-0.15, -0.1) is 0 Å². The maximum Gasteiger partial charge on any atom is 0.276 e. The zero-order chi connectivity index (χ0) is 14.8. The van der Waals surface area contributed by atoms with Gasteiger partial charge in [-0.25, -0.2) is 4.98 Å². The van der Waals surface area contributed by atoms with Crippen molar-refractivity contribution in [2.24, 2.45) is 0 Å². The number of hydrogen-bond donors (Lipinski definition) is 1. The van der Waals surface area contributed by atoms with Gasteiger partial charge in [-0.2, -0.15) is 0 Å². The molecule has 104 valence electrons. The van der Waals surface area contributed by atoms with E-state index in [-0.39, 0.29) is 10.8 Å². The molecule has 1 N–H and O–H groups in total. The molecule has 0 spiro atoms. The summed E-state index contributed by atoms with van der Waals surface area (Å²) < 4.78 is 0. The average molecular weight is 301 g/mol. The maximum atomic E-state index is 10.8. The lowest BCUT2D eigenvalue weighted by atomic mass is 10.2. The quantitative estimate of drug-likeness (QED) is 0.450. The van der Waals surface area contributed by atoms with E-state index in [0.29, 0.717) is 5.82 Å². The second-order valence-corrected chi connectivity index (χ2v) is 4.71. The maximum absolute atomic E-state index is 10.8. The molecule has 1 aromatic carbocycles. The van der Waals surface area contributed by atoms with Gasteiger partial charge >= 0.3 is 0 Å². The summed E-state index contributed by atoms with van der Waals surface area (Å²) in [6.07, 6.45) is 1.72. The fraction of sp³-hybridized carbons (Fsp3) is 0. The van der Waals surface area contributed by atoms with Gasteiger partial charge in [0, 0.05) is 17.3 Å². The number of fused-ring (bicyclic) bond motifs is 1. The summed E-state index contributed by atoms with van der Waals surface area (Å²) in [6.45, 7) is 0. The zero-order valence-electron chi connectivity index (χ0n) is 10.7. The first-order valence-corrected chi connectivity index (χ1v) is 6.43. The standard InChI is InChI=1S/C14H9ClN4O2/c15-13-7-11(19(20)21)8-14(18-13)17-10-3-4-12-9(6-10)2-1-5-16-12/h1-8H,(H,17,18). The lowest BCUT2D eigenvalue weighted by molar-refractivity contribution is -0.384. The van der Waals surface area contributed by atoms with Crippen molar-refractivity contribution in [2.75, 3.05) is 5.32 Å². The molecule has 0 saturated carbocycles. The summed E-state index contributed by atoms with van der Waals surface area (Å²) in [6, 6.07) is 11.9. The Balaban J connectivity index is 1.96. The summed E-state index contributed by atoms with van der Waals surface area (Å²) in [4.78, 5) is 18.6. The zero-order valence-corrected chi connectivity index (χ0v) is 11.4. The first kappa shape index (κ1) is 13.3. The molecule has 0 atom stereocenters. The van der Waals surface area contributed by atoms with Gasteiger partial charge in [0.2, 0.25) is 0 Å². The SMILES string of the molecule is O=[N+]([O-])c1cc(Cl)nc(Nc2ccc3ncccc3c2)c1. The Kier molecular flexibility index (Phi) is 3.37. The normalized spacial score (nSPS) is 10.5. The molecule has 0 aliphatic carbocycles. The Morgan fingerprint density at radius 1 is 1.19 bits per heavy atom. The Morgan fingerprint density at radius 2 is 2.05 bits per heavy atom. The highest BCUT2D eigenvalue weighted by molar-refractivity contribution is 6.29. The van der Waals surface area contributed by atoms with Crippen LogP contribution in [0.3, 0.4) is 0 Å². The molecule has 0 aliphatic heterocycles. The molecule has 21 heavy (non-hydrogen) atoms. The van der Waals surface area contributed by atoms with E-state index < -0.39 is 4.92 Å². The third-order valence-corrected chi connectivity index (χ3v) is 3.06. The van der Waals surface area contributed by atoms with Gasteiger partial charge in [0.1, 0.15) is 11.0 Å². The van der Waals surface area contributed by atoms with Crippen LogP contribution < -0.4 is 5.32 Å². The molecule has 3 rings (SSSR count). The van der Waals surface area contributed by atoms with E-state index in [1.165, 1.54) is 12.1 Å². The molecule has 0 amide bonds. The molecule has 7 heteroatoms. The number of anilines is 2. The minimum absolute atomic E-state index is 0.0640. The monoisotopic (exact) mass is 300 g/mol. The fourth-order valence-electron chi connectivity index (χ4n) is 1.95. The van der Waals surface area contributed by atoms with Gasteiger partial charge in [-0.1, -0.05) is 17.7 Å². The van der Waals surface area contributed by atoms with E-state index >= 15 is 0 Å². The molecule has 0 saturated heterocycles. The third kappa shape index (κ3) is 2.90. The molecule has 0 radical (unpaired) electrons. The van der Waals surface area contributed by atoms with Crippen molar-refractivity contribution >= 4 is 39.7 Å². The van der Waals surface area contributed by atoms with Crippen molar-refractivity contribution in [3.05, 3.63) is 63.9 Å². The minimum atomic E-state index is -0.511. The summed E-state index contributed by atoms with van der Waals surface area (Å²) in [5.41, 5.74) is 1.51. The molecule has 0 unspecified atom stereocenters. The molecular weight excluding hydrogens is 292 g/mol. The van der Waals surface area contributed by atoms with Gasteiger partial charge in [0.15, 0.2) is 0 Å². The smallest absolute Gasteiger partial charge is 0.276 e. The molecule has 2 heterocycles. The number of hydrogen-bond acceptors (Lipinski definition) is 5. The number of nitrogens with zero attached hydrogens (tertiary/aromatic N) is 3. The Morgan fingerprint density at radius 3 is 2.86 bits per heavy atom. The van der Waals surface area contributed by atoms with Crippen LogP contribution in [0.15, 0.2) is 48.7 Å². The van der Waals surface area contributed by atoms with Crippen molar-refractivity contribution in [3.8, 4) is 0 Å². The summed E-state index contributed by atoms with van der Waals surface area (Å²) in [5.74, 6) is 0.317. The molecule has 0 fully saturated rings. The summed E-state index contributed by atoms with van der Waals surface area (Å²) in [5, 5.41) is 14.8. The van der Waals surface area contributed by atoms with Gasteiger partial charge in [0.25, 0.3) is 5.69 Å². The molecule has 3 aromatic rings. The van der Waals surface area contributed by atoms with Crippen LogP contribution in [0.1, 0.15) is 0 Å². The molecule has 2 aromatic heterocycles. The van der Waals surface area contributed by atoms with Crippen molar-refractivity contribution in [3.63, 3.8) is 0 Å². The van der Waals surface area contributed by atoms with Crippen LogP contribution in [0.4, 0.5) is 17.2 Å². The number of nitro groups is 1. The Hall–Kier alpha value is -2.73. The van der Waals surface area contributed by atoms with Gasteiger partial charge < -0.3 is 5.32 Å². The van der Waals surface area contributed by atoms with Crippen molar-refractivity contribution < 1.29 is 4.92 Å². The van der Waals surface area contributed by atoms with E-state index in [1.807, 2.05) is 30.3 Å². The predicted octanol–water partition coefficient (Wildman–Crippen LogP) is 3.94. The second kappa shape index (κ2) is 5.34. The summed E-state index contributed by atoms with van der Waals surface area (Å²) in [7, 11) is 0. The molecular formula is C14H9ClN4O2. The first-order chi connectivity index (χ1) is 10.1. The number of aromatic nitrogens is 2. The highest BCUT2D eigenvalue weighted by Gasteiger charge is 2.10. The number of halogens is 1. The molecule has 6 nitrogen and oxygen atoms in total. The molecule has 0 bridgehead atoms. The molecule has 0 aliphatic rings. The fourth-order valence-corrected chi connectivity index (χ4v) is 2.16. The van der Waals surface area contributed by atoms with E-state index in [0.717, 1.165) is 16.6 Å². The van der Waals surface area contributed by atoms with Crippen LogP contribution in [0.25, 0.3) is 10.9 Å². The van der Waals surface area contributed by atoms with E-state index in [4.69, 9.17) is 11.6 Å². The topological polar surface area (TPSA) is 81.0 Å². The first-order valence-electron chi connectivity index (χ1n) is 6.05.